The molecule has 0 unspecified atom stereocenters. The molecule has 1 aromatic carbocycles. The maximum Gasteiger partial charge on any atom is 0.335 e. The van der Waals surface area contributed by atoms with E-state index in [9.17, 15) is 14.4 Å². The SMILES string of the molecule is CC(=O)N1C(=O)NC(=O)C1=Cc1ccc(-c2ccc(Cl)cc2Cl)o1. The summed E-state index contributed by atoms with van der Waals surface area (Å²) in [5, 5.41) is 2.96. The fourth-order valence-corrected chi connectivity index (χ4v) is 2.77. The average molecular weight is 365 g/mol. The van der Waals surface area contributed by atoms with Gasteiger partial charge in [-0.2, -0.15) is 0 Å². The maximum atomic E-state index is 11.8. The third kappa shape index (κ3) is 2.93. The summed E-state index contributed by atoms with van der Waals surface area (Å²) in [6.45, 7) is 1.19. The van der Waals surface area contributed by atoms with Crippen molar-refractivity contribution in [3.63, 3.8) is 0 Å². The van der Waals surface area contributed by atoms with Crippen LogP contribution in [0.5, 0.6) is 0 Å². The number of imide groups is 2. The fourth-order valence-electron chi connectivity index (χ4n) is 2.27. The number of carbonyl (C=O) groups excluding carboxylic acids is 3. The molecule has 2 heterocycles. The number of furan rings is 1. The Kier molecular flexibility index (Phi) is 4.17. The molecule has 1 aliphatic heterocycles. The number of benzene rings is 1. The molecule has 0 bridgehead atoms. The molecule has 4 amide bonds. The van der Waals surface area contributed by atoms with Gasteiger partial charge in [0.05, 0.1) is 5.02 Å². The Bertz CT molecular complexity index is 901. The van der Waals surface area contributed by atoms with Gasteiger partial charge in [0.25, 0.3) is 5.91 Å². The van der Waals surface area contributed by atoms with Gasteiger partial charge in [0.15, 0.2) is 0 Å². The highest BCUT2D eigenvalue weighted by molar-refractivity contribution is 6.36. The van der Waals surface area contributed by atoms with Crippen LogP contribution < -0.4 is 5.32 Å². The minimum Gasteiger partial charge on any atom is -0.457 e. The summed E-state index contributed by atoms with van der Waals surface area (Å²) in [5.41, 5.74) is 0.525. The molecule has 6 nitrogen and oxygen atoms in total. The summed E-state index contributed by atoms with van der Waals surface area (Å²) >= 11 is 12.0. The molecule has 1 aromatic heterocycles. The largest absolute Gasteiger partial charge is 0.457 e. The first-order valence-electron chi connectivity index (χ1n) is 6.80. The number of carbonyl (C=O) groups is 3. The minimum atomic E-state index is -0.786. The second-order valence-electron chi connectivity index (χ2n) is 4.97. The van der Waals surface area contributed by atoms with Crippen molar-refractivity contribution in [2.75, 3.05) is 0 Å². The first-order chi connectivity index (χ1) is 11.4. The Morgan fingerprint density at radius 2 is 1.96 bits per heavy atom. The highest BCUT2D eigenvalue weighted by atomic mass is 35.5. The molecule has 2 aromatic rings. The molecule has 0 radical (unpaired) electrons. The van der Waals surface area contributed by atoms with Gasteiger partial charge in [-0.25, -0.2) is 9.69 Å². The predicted octanol–water partition coefficient (Wildman–Crippen LogP) is 3.69. The minimum absolute atomic E-state index is 0.101. The molecular formula is C16H10Cl2N2O4. The van der Waals surface area contributed by atoms with E-state index < -0.39 is 17.8 Å². The van der Waals surface area contributed by atoms with E-state index in [2.05, 4.69) is 5.32 Å². The molecule has 3 rings (SSSR count). The lowest BCUT2D eigenvalue weighted by molar-refractivity contribution is -0.125. The Labute approximate surface area is 146 Å². The van der Waals surface area contributed by atoms with Crippen molar-refractivity contribution >= 4 is 47.1 Å². The van der Waals surface area contributed by atoms with Gasteiger partial charge in [-0.05, 0) is 30.3 Å². The smallest absolute Gasteiger partial charge is 0.335 e. The Balaban J connectivity index is 1.97. The number of halogens is 2. The number of nitrogens with zero attached hydrogens (tertiary/aromatic N) is 1. The quantitative estimate of drug-likeness (QED) is 0.650. The summed E-state index contributed by atoms with van der Waals surface area (Å²) < 4.78 is 5.63. The first-order valence-corrected chi connectivity index (χ1v) is 7.55. The van der Waals surface area contributed by atoms with Crippen LogP contribution in [0.3, 0.4) is 0 Å². The van der Waals surface area contributed by atoms with Crippen molar-refractivity contribution in [2.24, 2.45) is 0 Å². The van der Waals surface area contributed by atoms with Crippen LogP contribution in [0.2, 0.25) is 10.0 Å². The van der Waals surface area contributed by atoms with E-state index in [1.165, 1.54) is 13.0 Å². The second-order valence-corrected chi connectivity index (χ2v) is 5.81. The van der Waals surface area contributed by atoms with Crippen LogP contribution in [0, 0.1) is 0 Å². The van der Waals surface area contributed by atoms with Gasteiger partial charge in [-0.15, -0.1) is 0 Å². The number of rotatable bonds is 2. The summed E-state index contributed by atoms with van der Waals surface area (Å²) in [6.07, 6.45) is 1.31. The number of amides is 4. The van der Waals surface area contributed by atoms with Crippen LogP contribution in [0.15, 0.2) is 40.4 Å². The number of hydrogen-bond acceptors (Lipinski definition) is 4. The van der Waals surface area contributed by atoms with Crippen LogP contribution in [-0.4, -0.2) is 22.7 Å². The number of nitrogens with one attached hydrogen (secondary N) is 1. The van der Waals surface area contributed by atoms with E-state index in [-0.39, 0.29) is 5.70 Å². The standard InChI is InChI=1S/C16H10Cl2N2O4/c1-8(21)20-13(15(22)19-16(20)23)7-10-3-5-14(24-10)11-4-2-9(17)6-12(11)18/h2-7H,1H3,(H,19,22,23). The molecule has 0 aliphatic carbocycles. The van der Waals surface area contributed by atoms with Gasteiger partial charge in [0.1, 0.15) is 17.2 Å². The molecule has 1 fully saturated rings. The van der Waals surface area contributed by atoms with E-state index in [4.69, 9.17) is 27.6 Å². The zero-order valence-corrected chi connectivity index (χ0v) is 13.8. The molecule has 0 atom stereocenters. The number of hydrogen-bond donors (Lipinski definition) is 1. The summed E-state index contributed by atoms with van der Waals surface area (Å²) in [5.74, 6) is -0.487. The van der Waals surface area contributed by atoms with Crippen LogP contribution in [0.25, 0.3) is 17.4 Å². The lowest BCUT2D eigenvalue weighted by Crippen LogP contribution is -2.31. The third-order valence-electron chi connectivity index (χ3n) is 3.31. The topological polar surface area (TPSA) is 79.6 Å². The maximum absolute atomic E-state index is 11.8. The Morgan fingerprint density at radius 3 is 2.62 bits per heavy atom. The number of urea groups is 1. The van der Waals surface area contributed by atoms with E-state index in [1.807, 2.05) is 0 Å². The average Bonchev–Trinajstić information content (AvgIpc) is 3.04. The van der Waals surface area contributed by atoms with Crippen molar-refractivity contribution in [1.82, 2.24) is 10.2 Å². The van der Waals surface area contributed by atoms with E-state index in [0.717, 1.165) is 4.90 Å². The highest BCUT2D eigenvalue weighted by Gasteiger charge is 2.36. The van der Waals surface area contributed by atoms with Gasteiger partial charge >= 0.3 is 6.03 Å². The first kappa shape index (κ1) is 16.3. The van der Waals surface area contributed by atoms with Gasteiger partial charge < -0.3 is 4.42 Å². The van der Waals surface area contributed by atoms with Crippen LogP contribution in [0.4, 0.5) is 4.79 Å². The zero-order valence-electron chi connectivity index (χ0n) is 12.3. The summed E-state index contributed by atoms with van der Waals surface area (Å²) in [7, 11) is 0. The van der Waals surface area contributed by atoms with Gasteiger partial charge in [-0.3, -0.25) is 14.9 Å². The lowest BCUT2D eigenvalue weighted by atomic mass is 10.2. The molecule has 122 valence electrons. The van der Waals surface area contributed by atoms with E-state index in [1.54, 1.807) is 30.3 Å². The second kappa shape index (κ2) is 6.14. The van der Waals surface area contributed by atoms with Crippen LogP contribution in [0.1, 0.15) is 12.7 Å². The van der Waals surface area contributed by atoms with E-state index in [0.29, 0.717) is 27.1 Å². The summed E-state index contributed by atoms with van der Waals surface area (Å²) in [6, 6.07) is 7.43. The molecule has 1 N–H and O–H groups in total. The van der Waals surface area contributed by atoms with Gasteiger partial charge in [-0.1, -0.05) is 23.2 Å². The van der Waals surface area contributed by atoms with Crippen molar-refractivity contribution < 1.29 is 18.8 Å². The van der Waals surface area contributed by atoms with Crippen molar-refractivity contribution in [1.29, 1.82) is 0 Å². The predicted molar refractivity (Wildman–Crippen MR) is 88.2 cm³/mol. The monoisotopic (exact) mass is 364 g/mol. The van der Waals surface area contributed by atoms with Crippen LogP contribution >= 0.6 is 23.2 Å². The molecule has 1 aliphatic rings. The van der Waals surface area contributed by atoms with Crippen molar-refractivity contribution in [2.45, 2.75) is 6.92 Å². The molecular weight excluding hydrogens is 355 g/mol. The zero-order chi connectivity index (χ0) is 17.4. The Morgan fingerprint density at radius 1 is 1.21 bits per heavy atom. The van der Waals surface area contributed by atoms with Crippen molar-refractivity contribution in [3.05, 3.63) is 51.8 Å². The third-order valence-corrected chi connectivity index (χ3v) is 3.86. The van der Waals surface area contributed by atoms with E-state index >= 15 is 0 Å². The van der Waals surface area contributed by atoms with Crippen LogP contribution in [-0.2, 0) is 9.59 Å². The lowest BCUT2D eigenvalue weighted by Gasteiger charge is -2.09. The van der Waals surface area contributed by atoms with Crippen molar-refractivity contribution in [3.8, 4) is 11.3 Å². The molecule has 24 heavy (non-hydrogen) atoms. The molecule has 8 heteroatoms. The van der Waals surface area contributed by atoms with Gasteiger partial charge in [0, 0.05) is 23.6 Å². The molecule has 0 saturated carbocycles. The molecule has 1 saturated heterocycles. The Hall–Kier alpha value is -2.57. The summed E-state index contributed by atoms with van der Waals surface area (Å²) in [4.78, 5) is 35.7. The molecule has 0 spiro atoms. The normalized spacial score (nSPS) is 16.0. The van der Waals surface area contributed by atoms with Gasteiger partial charge in [0.2, 0.25) is 5.91 Å². The fraction of sp³-hybridized carbons (Fsp3) is 0.0625. The highest BCUT2D eigenvalue weighted by Crippen LogP contribution is 2.32.